The molecule has 10 heteroatoms. The third-order valence-corrected chi connectivity index (χ3v) is 5.37. The third-order valence-electron chi connectivity index (χ3n) is 3.49. The van der Waals surface area contributed by atoms with Crippen molar-refractivity contribution in [3.63, 3.8) is 0 Å². The van der Waals surface area contributed by atoms with Crippen LogP contribution in [0.25, 0.3) is 9.88 Å². The Balaban J connectivity index is 1.61. The van der Waals surface area contributed by atoms with Crippen molar-refractivity contribution in [1.29, 1.82) is 0 Å². The van der Waals surface area contributed by atoms with E-state index in [1.54, 1.807) is 18.4 Å². The topological polar surface area (TPSA) is 111 Å². The van der Waals surface area contributed by atoms with Crippen LogP contribution in [0.1, 0.15) is 16.1 Å². The standard InChI is InChI=1S/C17H13N3O5S2/c1-10-4-2-5-12(20(23)24)15(10)19-14(21)8-25-17(22)11-9-27-16(18-11)13-6-3-7-26-13/h2-7,9H,8H2,1H3,(H,19,21). The molecule has 2 aromatic heterocycles. The van der Waals surface area contributed by atoms with E-state index >= 15 is 0 Å². The summed E-state index contributed by atoms with van der Waals surface area (Å²) in [7, 11) is 0. The minimum absolute atomic E-state index is 0.0807. The second kappa shape index (κ2) is 8.06. The monoisotopic (exact) mass is 403 g/mol. The van der Waals surface area contributed by atoms with Gasteiger partial charge in [-0.25, -0.2) is 9.78 Å². The zero-order chi connectivity index (χ0) is 19.4. The van der Waals surface area contributed by atoms with Crippen molar-refractivity contribution in [3.05, 3.63) is 62.5 Å². The van der Waals surface area contributed by atoms with Crippen molar-refractivity contribution in [3.8, 4) is 9.88 Å². The van der Waals surface area contributed by atoms with Crippen LogP contribution in [-0.4, -0.2) is 28.4 Å². The average Bonchev–Trinajstić information content (AvgIpc) is 3.32. The normalized spacial score (nSPS) is 10.4. The van der Waals surface area contributed by atoms with E-state index in [1.165, 1.54) is 34.8 Å². The molecule has 0 spiro atoms. The number of benzene rings is 1. The fraction of sp³-hybridized carbons (Fsp3) is 0.118. The van der Waals surface area contributed by atoms with Crippen molar-refractivity contribution in [2.75, 3.05) is 11.9 Å². The van der Waals surface area contributed by atoms with Gasteiger partial charge in [0.15, 0.2) is 12.3 Å². The fourth-order valence-electron chi connectivity index (χ4n) is 2.23. The van der Waals surface area contributed by atoms with Gasteiger partial charge in [-0.3, -0.25) is 14.9 Å². The van der Waals surface area contributed by atoms with Crippen LogP contribution in [0.4, 0.5) is 11.4 Å². The molecule has 3 rings (SSSR count). The van der Waals surface area contributed by atoms with Crippen molar-refractivity contribution >= 4 is 45.9 Å². The van der Waals surface area contributed by atoms with E-state index in [0.717, 1.165) is 4.88 Å². The minimum Gasteiger partial charge on any atom is -0.451 e. The summed E-state index contributed by atoms with van der Waals surface area (Å²) < 4.78 is 4.96. The summed E-state index contributed by atoms with van der Waals surface area (Å²) in [5.41, 5.74) is 0.494. The first-order chi connectivity index (χ1) is 13.0. The van der Waals surface area contributed by atoms with Gasteiger partial charge in [-0.1, -0.05) is 18.2 Å². The van der Waals surface area contributed by atoms with E-state index in [9.17, 15) is 19.7 Å². The molecule has 0 saturated heterocycles. The number of ether oxygens (including phenoxy) is 1. The van der Waals surface area contributed by atoms with Crippen LogP contribution in [0.3, 0.4) is 0 Å². The Labute approximate surface area is 161 Å². The number of nitrogens with one attached hydrogen (secondary N) is 1. The van der Waals surface area contributed by atoms with Crippen LogP contribution in [0, 0.1) is 17.0 Å². The summed E-state index contributed by atoms with van der Waals surface area (Å²) in [6, 6.07) is 8.22. The summed E-state index contributed by atoms with van der Waals surface area (Å²) in [6.45, 7) is 1.06. The summed E-state index contributed by atoms with van der Waals surface area (Å²) in [6.07, 6.45) is 0. The Kier molecular flexibility index (Phi) is 5.57. The highest BCUT2D eigenvalue weighted by Gasteiger charge is 2.19. The van der Waals surface area contributed by atoms with E-state index in [0.29, 0.717) is 10.6 Å². The Morgan fingerprint density at radius 2 is 2.07 bits per heavy atom. The van der Waals surface area contributed by atoms with Crippen molar-refractivity contribution in [2.45, 2.75) is 6.92 Å². The fourth-order valence-corrected chi connectivity index (χ4v) is 3.83. The molecule has 1 N–H and O–H groups in total. The number of para-hydroxylation sites is 1. The van der Waals surface area contributed by atoms with Gasteiger partial charge in [0.2, 0.25) is 0 Å². The number of hydrogen-bond donors (Lipinski definition) is 1. The number of aromatic nitrogens is 1. The minimum atomic E-state index is -0.733. The van der Waals surface area contributed by atoms with Gasteiger partial charge in [0.25, 0.3) is 11.6 Å². The molecule has 0 unspecified atom stereocenters. The zero-order valence-corrected chi connectivity index (χ0v) is 15.6. The van der Waals surface area contributed by atoms with E-state index in [2.05, 4.69) is 10.3 Å². The first-order valence-electron chi connectivity index (χ1n) is 7.66. The first kappa shape index (κ1) is 18.7. The molecule has 0 saturated carbocycles. The van der Waals surface area contributed by atoms with E-state index in [4.69, 9.17) is 4.74 Å². The second-order valence-corrected chi connectivity index (χ2v) is 7.17. The van der Waals surface area contributed by atoms with Gasteiger partial charge in [0, 0.05) is 11.4 Å². The summed E-state index contributed by atoms with van der Waals surface area (Å²) >= 11 is 2.80. The molecule has 0 radical (unpaired) electrons. The second-order valence-electron chi connectivity index (χ2n) is 5.37. The number of nitrogens with zero attached hydrogens (tertiary/aromatic N) is 2. The molecule has 0 aliphatic rings. The maximum absolute atomic E-state index is 12.1. The molecule has 3 aromatic rings. The number of nitro groups is 1. The number of nitro benzene ring substituents is 1. The highest BCUT2D eigenvalue weighted by molar-refractivity contribution is 7.20. The molecule has 0 bridgehead atoms. The Morgan fingerprint density at radius 3 is 2.78 bits per heavy atom. The molecule has 2 heterocycles. The van der Waals surface area contributed by atoms with Gasteiger partial charge in [-0.05, 0) is 23.9 Å². The predicted octanol–water partition coefficient (Wildman–Crippen LogP) is 3.88. The summed E-state index contributed by atoms with van der Waals surface area (Å²) in [5.74, 6) is -1.40. The maximum atomic E-state index is 12.1. The summed E-state index contributed by atoms with van der Waals surface area (Å²) in [5, 5.41) is 17.6. The van der Waals surface area contributed by atoms with Crippen LogP contribution < -0.4 is 5.32 Å². The number of carbonyl (C=O) groups is 2. The number of carbonyl (C=O) groups excluding carboxylic acids is 2. The average molecular weight is 403 g/mol. The van der Waals surface area contributed by atoms with Gasteiger partial charge in [-0.2, -0.15) is 0 Å². The lowest BCUT2D eigenvalue weighted by Crippen LogP contribution is -2.22. The van der Waals surface area contributed by atoms with Gasteiger partial charge < -0.3 is 10.1 Å². The SMILES string of the molecule is Cc1cccc([N+](=O)[O-])c1NC(=O)COC(=O)c1csc(-c2cccs2)n1. The number of anilines is 1. The third kappa shape index (κ3) is 4.36. The molecule has 1 aromatic carbocycles. The molecule has 1 amide bonds. The van der Waals surface area contributed by atoms with E-state index in [1.807, 2.05) is 17.5 Å². The lowest BCUT2D eigenvalue weighted by atomic mass is 10.1. The van der Waals surface area contributed by atoms with Gasteiger partial charge >= 0.3 is 5.97 Å². The van der Waals surface area contributed by atoms with Gasteiger partial charge in [0.1, 0.15) is 10.7 Å². The van der Waals surface area contributed by atoms with Crippen molar-refractivity contribution < 1.29 is 19.2 Å². The number of esters is 1. The molecular formula is C17H13N3O5S2. The van der Waals surface area contributed by atoms with Gasteiger partial charge in [-0.15, -0.1) is 22.7 Å². The van der Waals surface area contributed by atoms with Crippen LogP contribution >= 0.6 is 22.7 Å². The van der Waals surface area contributed by atoms with Crippen molar-refractivity contribution in [1.82, 2.24) is 4.98 Å². The molecule has 0 atom stereocenters. The summed E-state index contributed by atoms with van der Waals surface area (Å²) in [4.78, 5) is 39.7. The maximum Gasteiger partial charge on any atom is 0.358 e. The van der Waals surface area contributed by atoms with Crippen LogP contribution in [0.15, 0.2) is 41.1 Å². The molecule has 0 fully saturated rings. The van der Waals surface area contributed by atoms with E-state index < -0.39 is 23.4 Å². The zero-order valence-electron chi connectivity index (χ0n) is 14.0. The van der Waals surface area contributed by atoms with Crippen molar-refractivity contribution in [2.24, 2.45) is 0 Å². The molecule has 138 valence electrons. The number of rotatable bonds is 6. The Hall–Kier alpha value is -3.11. The smallest absolute Gasteiger partial charge is 0.358 e. The highest BCUT2D eigenvalue weighted by Crippen LogP contribution is 2.28. The van der Waals surface area contributed by atoms with Crippen LogP contribution in [0.2, 0.25) is 0 Å². The molecule has 8 nitrogen and oxygen atoms in total. The Morgan fingerprint density at radius 1 is 1.26 bits per heavy atom. The lowest BCUT2D eigenvalue weighted by molar-refractivity contribution is -0.384. The van der Waals surface area contributed by atoms with E-state index in [-0.39, 0.29) is 17.1 Å². The molecule has 27 heavy (non-hydrogen) atoms. The molecule has 0 aliphatic carbocycles. The van der Waals surface area contributed by atoms with Gasteiger partial charge in [0.05, 0.1) is 9.80 Å². The Bertz CT molecular complexity index is 998. The molecular weight excluding hydrogens is 390 g/mol. The van der Waals surface area contributed by atoms with Crippen LogP contribution in [0.5, 0.6) is 0 Å². The molecule has 0 aliphatic heterocycles. The number of hydrogen-bond acceptors (Lipinski definition) is 8. The number of thiophene rings is 1. The highest BCUT2D eigenvalue weighted by atomic mass is 32.1. The number of thiazole rings is 1. The predicted molar refractivity (Wildman–Crippen MR) is 102 cm³/mol. The largest absolute Gasteiger partial charge is 0.451 e. The quantitative estimate of drug-likeness (QED) is 0.380. The number of aryl methyl sites for hydroxylation is 1. The number of amides is 1. The van der Waals surface area contributed by atoms with Crippen LogP contribution in [-0.2, 0) is 9.53 Å². The first-order valence-corrected chi connectivity index (χ1v) is 9.42. The lowest BCUT2D eigenvalue weighted by Gasteiger charge is -2.09.